The standard InChI is InChI=1S/C27H25FN2O5/c1-15(2)24(26(32)33)30-25(31)21-12-11-16(13-23(21)28)29-27(34)35-14-22-19-9-5-3-7-17(19)18-8-4-6-10-20(18)22/h3-13,15,22,24H,14H2,1-2H3,(H,29,34)(H,30,31)(H,32,33). The molecule has 3 aromatic rings. The van der Waals surface area contributed by atoms with Crippen LogP contribution in [0.3, 0.4) is 0 Å². The summed E-state index contributed by atoms with van der Waals surface area (Å²) < 4.78 is 20.0. The molecule has 35 heavy (non-hydrogen) atoms. The van der Waals surface area contributed by atoms with Crippen LogP contribution in [-0.4, -0.2) is 35.7 Å². The van der Waals surface area contributed by atoms with Crippen molar-refractivity contribution in [2.75, 3.05) is 11.9 Å². The van der Waals surface area contributed by atoms with Crippen LogP contribution in [0.15, 0.2) is 66.7 Å². The molecule has 0 radical (unpaired) electrons. The molecule has 3 N–H and O–H groups in total. The third-order valence-corrected chi connectivity index (χ3v) is 6.02. The lowest BCUT2D eigenvalue weighted by atomic mass is 9.98. The number of hydrogen-bond donors (Lipinski definition) is 3. The summed E-state index contributed by atoms with van der Waals surface area (Å²) in [7, 11) is 0. The first-order valence-corrected chi connectivity index (χ1v) is 11.2. The lowest BCUT2D eigenvalue weighted by molar-refractivity contribution is -0.140. The van der Waals surface area contributed by atoms with Crippen LogP contribution < -0.4 is 10.6 Å². The predicted molar refractivity (Wildman–Crippen MR) is 129 cm³/mol. The van der Waals surface area contributed by atoms with Crippen molar-refractivity contribution < 1.29 is 28.6 Å². The van der Waals surface area contributed by atoms with Crippen molar-refractivity contribution in [3.8, 4) is 11.1 Å². The van der Waals surface area contributed by atoms with Gasteiger partial charge in [-0.3, -0.25) is 10.1 Å². The molecule has 0 aliphatic heterocycles. The summed E-state index contributed by atoms with van der Waals surface area (Å²) in [4.78, 5) is 36.1. The zero-order chi connectivity index (χ0) is 25.1. The van der Waals surface area contributed by atoms with E-state index in [-0.39, 0.29) is 29.7 Å². The highest BCUT2D eigenvalue weighted by atomic mass is 19.1. The highest BCUT2D eigenvalue weighted by molar-refractivity contribution is 5.97. The number of halogens is 1. The molecule has 180 valence electrons. The van der Waals surface area contributed by atoms with Gasteiger partial charge in [0, 0.05) is 11.6 Å². The van der Waals surface area contributed by atoms with Crippen molar-refractivity contribution >= 4 is 23.7 Å². The first kappa shape index (κ1) is 23.9. The molecule has 7 nitrogen and oxygen atoms in total. The minimum atomic E-state index is -1.21. The van der Waals surface area contributed by atoms with Gasteiger partial charge >= 0.3 is 12.1 Å². The van der Waals surface area contributed by atoms with Crippen molar-refractivity contribution in [3.05, 3.63) is 89.2 Å². The molecule has 0 bridgehead atoms. The van der Waals surface area contributed by atoms with E-state index in [0.717, 1.165) is 28.3 Å². The molecular formula is C27H25FN2O5. The van der Waals surface area contributed by atoms with Crippen LogP contribution in [-0.2, 0) is 9.53 Å². The predicted octanol–water partition coefficient (Wildman–Crippen LogP) is 5.03. The number of carbonyl (C=O) groups excluding carboxylic acids is 2. The average Bonchev–Trinajstić information content (AvgIpc) is 3.14. The van der Waals surface area contributed by atoms with Gasteiger partial charge in [0.25, 0.3) is 5.91 Å². The maximum absolute atomic E-state index is 14.6. The maximum Gasteiger partial charge on any atom is 0.411 e. The molecule has 0 aromatic heterocycles. The van der Waals surface area contributed by atoms with Gasteiger partial charge in [0.15, 0.2) is 0 Å². The third kappa shape index (κ3) is 5.01. The van der Waals surface area contributed by atoms with Gasteiger partial charge in [-0.05, 0) is 46.4 Å². The maximum atomic E-state index is 14.6. The normalized spacial score (nSPS) is 13.0. The number of ether oxygens (including phenoxy) is 1. The molecule has 1 aliphatic rings. The summed E-state index contributed by atoms with van der Waals surface area (Å²) in [6.07, 6.45) is -0.755. The van der Waals surface area contributed by atoms with E-state index in [0.29, 0.717) is 0 Å². The molecule has 2 amide bonds. The van der Waals surface area contributed by atoms with E-state index in [1.54, 1.807) is 13.8 Å². The van der Waals surface area contributed by atoms with Gasteiger partial charge in [0.2, 0.25) is 0 Å². The van der Waals surface area contributed by atoms with E-state index in [9.17, 15) is 23.9 Å². The number of carboxylic acid groups (broad SMARTS) is 1. The number of rotatable bonds is 7. The molecule has 4 rings (SSSR count). The van der Waals surface area contributed by atoms with Crippen LogP contribution in [0.25, 0.3) is 11.1 Å². The highest BCUT2D eigenvalue weighted by Gasteiger charge is 2.29. The second-order valence-electron chi connectivity index (χ2n) is 8.68. The van der Waals surface area contributed by atoms with E-state index in [4.69, 9.17) is 4.74 Å². The Bertz CT molecular complexity index is 1240. The largest absolute Gasteiger partial charge is 0.480 e. The molecule has 1 unspecified atom stereocenters. The molecule has 1 aliphatic carbocycles. The van der Waals surface area contributed by atoms with E-state index < -0.39 is 29.8 Å². The Hall–Kier alpha value is -4.20. The number of fused-ring (bicyclic) bond motifs is 3. The second-order valence-corrected chi connectivity index (χ2v) is 8.68. The fourth-order valence-electron chi connectivity index (χ4n) is 4.26. The first-order valence-electron chi connectivity index (χ1n) is 11.2. The van der Waals surface area contributed by atoms with Crippen molar-refractivity contribution in [1.82, 2.24) is 5.32 Å². The fourth-order valence-corrected chi connectivity index (χ4v) is 4.26. The van der Waals surface area contributed by atoms with Crippen LogP contribution in [0.1, 0.15) is 41.3 Å². The van der Waals surface area contributed by atoms with Crippen LogP contribution in [0.4, 0.5) is 14.9 Å². The second kappa shape index (κ2) is 9.97. The molecule has 0 heterocycles. The first-order chi connectivity index (χ1) is 16.8. The Morgan fingerprint density at radius 1 is 0.971 bits per heavy atom. The topological polar surface area (TPSA) is 105 Å². The Kier molecular flexibility index (Phi) is 6.82. The Labute approximate surface area is 201 Å². The summed E-state index contributed by atoms with van der Waals surface area (Å²) in [5.74, 6) is -3.45. The van der Waals surface area contributed by atoms with E-state index in [1.807, 2.05) is 48.5 Å². The Morgan fingerprint density at radius 2 is 1.57 bits per heavy atom. The summed E-state index contributed by atoms with van der Waals surface area (Å²) in [6, 6.07) is 18.3. The minimum Gasteiger partial charge on any atom is -0.480 e. The molecule has 0 saturated heterocycles. The number of carboxylic acids is 1. The number of aliphatic carboxylic acids is 1. The highest BCUT2D eigenvalue weighted by Crippen LogP contribution is 2.44. The van der Waals surface area contributed by atoms with Crippen molar-refractivity contribution in [1.29, 1.82) is 0 Å². The van der Waals surface area contributed by atoms with Gasteiger partial charge < -0.3 is 15.2 Å². The summed E-state index contributed by atoms with van der Waals surface area (Å²) in [5, 5.41) is 14.0. The molecule has 8 heteroatoms. The number of benzene rings is 3. The van der Waals surface area contributed by atoms with Crippen molar-refractivity contribution in [2.24, 2.45) is 5.92 Å². The fraction of sp³-hybridized carbons (Fsp3) is 0.222. The molecule has 3 aromatic carbocycles. The zero-order valence-corrected chi connectivity index (χ0v) is 19.2. The number of carbonyl (C=O) groups is 3. The molecule has 0 saturated carbocycles. The van der Waals surface area contributed by atoms with Gasteiger partial charge in [-0.2, -0.15) is 0 Å². The summed E-state index contributed by atoms with van der Waals surface area (Å²) in [6.45, 7) is 3.38. The smallest absolute Gasteiger partial charge is 0.411 e. The monoisotopic (exact) mass is 476 g/mol. The molecule has 0 spiro atoms. The number of amides is 2. The number of hydrogen-bond acceptors (Lipinski definition) is 4. The van der Waals surface area contributed by atoms with Crippen LogP contribution in [0, 0.1) is 11.7 Å². The van der Waals surface area contributed by atoms with Crippen LogP contribution >= 0.6 is 0 Å². The third-order valence-electron chi connectivity index (χ3n) is 6.02. The molecular weight excluding hydrogens is 451 g/mol. The zero-order valence-electron chi connectivity index (χ0n) is 19.2. The SMILES string of the molecule is CC(C)C(NC(=O)c1ccc(NC(=O)OCC2c3ccccc3-c3ccccc32)cc1F)C(=O)O. The molecule has 1 atom stereocenters. The lowest BCUT2D eigenvalue weighted by Gasteiger charge is -2.18. The quantitative estimate of drug-likeness (QED) is 0.444. The van der Waals surface area contributed by atoms with E-state index in [1.165, 1.54) is 12.1 Å². The number of nitrogens with one attached hydrogen (secondary N) is 2. The average molecular weight is 477 g/mol. The van der Waals surface area contributed by atoms with E-state index in [2.05, 4.69) is 10.6 Å². The van der Waals surface area contributed by atoms with Gasteiger partial charge in [0.05, 0.1) is 5.56 Å². The Balaban J connectivity index is 1.40. The number of anilines is 1. The van der Waals surface area contributed by atoms with Gasteiger partial charge in [-0.15, -0.1) is 0 Å². The lowest BCUT2D eigenvalue weighted by Crippen LogP contribution is -2.44. The van der Waals surface area contributed by atoms with Crippen molar-refractivity contribution in [3.63, 3.8) is 0 Å². The Morgan fingerprint density at radius 3 is 2.11 bits per heavy atom. The van der Waals surface area contributed by atoms with Gasteiger partial charge in [-0.25, -0.2) is 14.0 Å². The molecule has 0 fully saturated rings. The van der Waals surface area contributed by atoms with Gasteiger partial charge in [-0.1, -0.05) is 62.4 Å². The van der Waals surface area contributed by atoms with Gasteiger partial charge in [0.1, 0.15) is 18.5 Å². The minimum absolute atomic E-state index is 0.106. The van der Waals surface area contributed by atoms with E-state index >= 15 is 0 Å². The van der Waals surface area contributed by atoms with Crippen LogP contribution in [0.2, 0.25) is 0 Å². The summed E-state index contributed by atoms with van der Waals surface area (Å²) >= 11 is 0. The summed E-state index contributed by atoms with van der Waals surface area (Å²) in [5.41, 5.74) is 4.14. The van der Waals surface area contributed by atoms with Crippen LogP contribution in [0.5, 0.6) is 0 Å². The van der Waals surface area contributed by atoms with Crippen molar-refractivity contribution in [2.45, 2.75) is 25.8 Å².